The number of carbonyl (C=O) groups excluding carboxylic acids is 2. The number of rotatable bonds is 5. The highest BCUT2D eigenvalue weighted by Gasteiger charge is 2.27. The summed E-state index contributed by atoms with van der Waals surface area (Å²) in [5.41, 5.74) is 5.73. The van der Waals surface area contributed by atoms with Crippen molar-refractivity contribution in [2.75, 3.05) is 18.4 Å². The minimum atomic E-state index is -4.45. The van der Waals surface area contributed by atoms with E-state index in [1.54, 1.807) is 5.32 Å². The van der Waals surface area contributed by atoms with E-state index in [4.69, 9.17) is 5.73 Å². The Morgan fingerprint density at radius 1 is 1.14 bits per heavy atom. The Labute approximate surface area is 125 Å². The molecule has 0 aliphatic carbocycles. The molecule has 1 aromatic rings. The third-order valence-corrected chi connectivity index (χ3v) is 2.25. The van der Waals surface area contributed by atoms with Crippen molar-refractivity contribution in [3.05, 3.63) is 29.8 Å². The van der Waals surface area contributed by atoms with Gasteiger partial charge in [0.2, 0.25) is 5.91 Å². The largest absolute Gasteiger partial charge is 0.405 e. The molecule has 4 N–H and O–H groups in total. The fraction of sp³-hybridized carbons (Fsp3) is 0.333. The van der Waals surface area contributed by atoms with Gasteiger partial charge in [0.1, 0.15) is 6.54 Å². The van der Waals surface area contributed by atoms with Crippen LogP contribution in [0.25, 0.3) is 0 Å². The monoisotopic (exact) mass is 325 g/mol. The van der Waals surface area contributed by atoms with Gasteiger partial charge in [-0.05, 0) is 24.3 Å². The van der Waals surface area contributed by atoms with Crippen LogP contribution in [-0.2, 0) is 4.79 Å². The number of anilines is 1. The van der Waals surface area contributed by atoms with Gasteiger partial charge in [-0.3, -0.25) is 9.59 Å². The highest BCUT2D eigenvalue weighted by atomic mass is 35.5. The van der Waals surface area contributed by atoms with E-state index < -0.39 is 18.6 Å². The second-order valence-corrected chi connectivity index (χ2v) is 3.96. The fourth-order valence-electron chi connectivity index (χ4n) is 1.34. The van der Waals surface area contributed by atoms with Crippen LogP contribution in [0, 0.1) is 0 Å². The Morgan fingerprint density at radius 3 is 2.19 bits per heavy atom. The molecule has 2 amide bonds. The minimum absolute atomic E-state index is 0. The van der Waals surface area contributed by atoms with Crippen molar-refractivity contribution in [1.82, 2.24) is 5.32 Å². The van der Waals surface area contributed by atoms with Crippen molar-refractivity contribution in [1.29, 1.82) is 0 Å². The SMILES string of the molecule is Cl.NCCC(=O)Nc1ccc(C(=O)NCC(F)(F)F)cc1. The lowest BCUT2D eigenvalue weighted by atomic mass is 10.2. The summed E-state index contributed by atoms with van der Waals surface area (Å²) in [4.78, 5) is 22.7. The highest BCUT2D eigenvalue weighted by molar-refractivity contribution is 5.95. The number of benzene rings is 1. The molecule has 1 rings (SSSR count). The van der Waals surface area contributed by atoms with Crippen molar-refractivity contribution in [2.24, 2.45) is 5.73 Å². The maximum Gasteiger partial charge on any atom is 0.405 e. The van der Waals surface area contributed by atoms with Crippen LogP contribution in [0.2, 0.25) is 0 Å². The smallest absolute Gasteiger partial charge is 0.343 e. The number of hydrogen-bond donors (Lipinski definition) is 3. The van der Waals surface area contributed by atoms with E-state index in [2.05, 4.69) is 5.32 Å². The van der Waals surface area contributed by atoms with Gasteiger partial charge in [0.25, 0.3) is 5.91 Å². The van der Waals surface area contributed by atoms with Gasteiger partial charge < -0.3 is 16.4 Å². The molecule has 0 bridgehead atoms. The number of nitrogens with one attached hydrogen (secondary N) is 2. The number of carbonyl (C=O) groups is 2. The summed E-state index contributed by atoms with van der Waals surface area (Å²) in [7, 11) is 0. The van der Waals surface area contributed by atoms with Gasteiger partial charge in [-0.15, -0.1) is 12.4 Å². The van der Waals surface area contributed by atoms with Gasteiger partial charge >= 0.3 is 6.18 Å². The predicted octanol–water partition coefficient (Wildman–Crippen LogP) is 1.69. The Bertz CT molecular complexity index is 478. The van der Waals surface area contributed by atoms with Crippen molar-refractivity contribution < 1.29 is 22.8 Å². The summed E-state index contributed by atoms with van der Waals surface area (Å²) < 4.78 is 35.8. The number of nitrogens with two attached hydrogens (primary N) is 1. The summed E-state index contributed by atoms with van der Waals surface area (Å²) in [5, 5.41) is 4.29. The number of hydrogen-bond acceptors (Lipinski definition) is 3. The maximum atomic E-state index is 11.9. The Morgan fingerprint density at radius 2 is 1.71 bits per heavy atom. The molecule has 9 heteroatoms. The molecule has 0 aromatic heterocycles. The van der Waals surface area contributed by atoms with Gasteiger partial charge in [-0.1, -0.05) is 0 Å². The lowest BCUT2D eigenvalue weighted by Gasteiger charge is -2.09. The van der Waals surface area contributed by atoms with Crippen LogP contribution in [0.4, 0.5) is 18.9 Å². The molecule has 0 saturated heterocycles. The predicted molar refractivity (Wildman–Crippen MR) is 74.4 cm³/mol. The normalized spacial score (nSPS) is 10.5. The molecule has 0 saturated carbocycles. The van der Waals surface area contributed by atoms with E-state index in [1.165, 1.54) is 24.3 Å². The standard InChI is InChI=1S/C12H14F3N3O2.ClH/c13-12(14,15)7-17-11(20)8-1-3-9(4-2-8)18-10(19)5-6-16;/h1-4H,5-7,16H2,(H,17,20)(H,18,19);1H. The molecule has 0 radical (unpaired) electrons. The van der Waals surface area contributed by atoms with E-state index in [9.17, 15) is 22.8 Å². The Hall–Kier alpha value is -1.80. The van der Waals surface area contributed by atoms with Gasteiger partial charge in [0.05, 0.1) is 0 Å². The molecule has 21 heavy (non-hydrogen) atoms. The van der Waals surface area contributed by atoms with Crippen molar-refractivity contribution in [2.45, 2.75) is 12.6 Å². The summed E-state index contributed by atoms with van der Waals surface area (Å²) in [6.45, 7) is -1.18. The quantitative estimate of drug-likeness (QED) is 0.770. The molecule has 5 nitrogen and oxygen atoms in total. The van der Waals surface area contributed by atoms with E-state index in [1.807, 2.05) is 0 Å². The molecule has 0 heterocycles. The van der Waals surface area contributed by atoms with Gasteiger partial charge in [-0.25, -0.2) is 0 Å². The molecule has 1 aromatic carbocycles. The third kappa shape index (κ3) is 7.52. The Balaban J connectivity index is 0.00000400. The zero-order valence-corrected chi connectivity index (χ0v) is 11.7. The molecule has 118 valence electrons. The zero-order valence-electron chi connectivity index (χ0n) is 10.9. The molecule has 0 atom stereocenters. The van der Waals surface area contributed by atoms with Gasteiger partial charge in [0, 0.05) is 24.2 Å². The Kier molecular flexibility index (Phi) is 7.75. The van der Waals surface area contributed by atoms with E-state index in [0.29, 0.717) is 5.69 Å². The second-order valence-electron chi connectivity index (χ2n) is 3.96. The molecule has 0 unspecified atom stereocenters. The molecular formula is C12H15ClF3N3O2. The highest BCUT2D eigenvalue weighted by Crippen LogP contribution is 2.13. The van der Waals surface area contributed by atoms with Crippen molar-refractivity contribution >= 4 is 29.9 Å². The zero-order chi connectivity index (χ0) is 15.2. The van der Waals surface area contributed by atoms with Crippen LogP contribution in [0.15, 0.2) is 24.3 Å². The maximum absolute atomic E-state index is 11.9. The first-order valence-electron chi connectivity index (χ1n) is 5.77. The van der Waals surface area contributed by atoms with Crippen LogP contribution in [0.1, 0.15) is 16.8 Å². The van der Waals surface area contributed by atoms with Gasteiger partial charge in [-0.2, -0.15) is 13.2 Å². The van der Waals surface area contributed by atoms with Crippen LogP contribution in [-0.4, -0.2) is 31.1 Å². The molecular weight excluding hydrogens is 311 g/mol. The first-order valence-corrected chi connectivity index (χ1v) is 5.77. The summed E-state index contributed by atoms with van der Waals surface area (Å²) in [6.07, 6.45) is -4.29. The van der Waals surface area contributed by atoms with Gasteiger partial charge in [0.15, 0.2) is 0 Å². The first-order chi connectivity index (χ1) is 9.31. The number of halogens is 4. The third-order valence-electron chi connectivity index (χ3n) is 2.25. The molecule has 0 spiro atoms. The van der Waals surface area contributed by atoms with Crippen LogP contribution in [0.5, 0.6) is 0 Å². The second kappa shape index (κ2) is 8.48. The molecule has 0 aliphatic heterocycles. The van der Waals surface area contributed by atoms with Crippen LogP contribution < -0.4 is 16.4 Å². The average molecular weight is 326 g/mol. The van der Waals surface area contributed by atoms with Crippen LogP contribution >= 0.6 is 12.4 Å². The number of amides is 2. The van der Waals surface area contributed by atoms with E-state index in [-0.39, 0.29) is 36.8 Å². The summed E-state index contributed by atoms with van der Waals surface area (Å²) in [5.74, 6) is -1.11. The molecule has 0 fully saturated rings. The lowest BCUT2D eigenvalue weighted by Crippen LogP contribution is -2.33. The van der Waals surface area contributed by atoms with E-state index >= 15 is 0 Å². The average Bonchev–Trinajstić information content (AvgIpc) is 2.36. The first kappa shape index (κ1) is 19.2. The fourth-order valence-corrected chi connectivity index (χ4v) is 1.34. The number of alkyl halides is 3. The summed E-state index contributed by atoms with van der Waals surface area (Å²) >= 11 is 0. The minimum Gasteiger partial charge on any atom is -0.343 e. The topological polar surface area (TPSA) is 84.2 Å². The lowest BCUT2D eigenvalue weighted by molar-refractivity contribution is -0.123. The van der Waals surface area contributed by atoms with Crippen molar-refractivity contribution in [3.8, 4) is 0 Å². The van der Waals surface area contributed by atoms with Crippen molar-refractivity contribution in [3.63, 3.8) is 0 Å². The summed E-state index contributed by atoms with van der Waals surface area (Å²) in [6, 6.07) is 5.50. The van der Waals surface area contributed by atoms with E-state index in [0.717, 1.165) is 0 Å². The van der Waals surface area contributed by atoms with Crippen LogP contribution in [0.3, 0.4) is 0 Å². The molecule has 0 aliphatic rings.